The second-order valence-corrected chi connectivity index (χ2v) is 10.0. The topological polar surface area (TPSA) is 134 Å². The fourth-order valence-corrected chi connectivity index (χ4v) is 4.54. The average Bonchev–Trinajstić information content (AvgIpc) is 3.42. The van der Waals surface area contributed by atoms with E-state index in [4.69, 9.17) is 0 Å². The fraction of sp³-hybridized carbons (Fsp3) is 0.308. The minimum atomic E-state index is -1.06. The van der Waals surface area contributed by atoms with Gasteiger partial charge in [0.05, 0.1) is 23.0 Å². The molecule has 3 aromatic rings. The summed E-state index contributed by atoms with van der Waals surface area (Å²) in [6.07, 6.45) is 0.572. The van der Waals surface area contributed by atoms with E-state index in [0.717, 1.165) is 10.5 Å². The quantitative estimate of drug-likeness (QED) is 0.538. The molecule has 1 fully saturated rings. The van der Waals surface area contributed by atoms with Crippen molar-refractivity contribution in [1.29, 1.82) is 0 Å². The van der Waals surface area contributed by atoms with Gasteiger partial charge >= 0.3 is 0 Å². The van der Waals surface area contributed by atoms with Crippen molar-refractivity contribution in [3.63, 3.8) is 0 Å². The Kier molecular flexibility index (Phi) is 5.55. The molecule has 1 saturated heterocycles. The monoisotopic (exact) mass is 487 g/mol. The van der Waals surface area contributed by atoms with Crippen LogP contribution in [0, 0.1) is 0 Å². The molecule has 0 aliphatic carbocycles. The number of imide groups is 2. The first-order valence-electron chi connectivity index (χ1n) is 11.6. The second kappa shape index (κ2) is 8.49. The Balaban J connectivity index is 1.44. The Morgan fingerprint density at radius 2 is 1.75 bits per heavy atom. The first kappa shape index (κ1) is 23.6. The highest BCUT2D eigenvalue weighted by Crippen LogP contribution is 2.32. The molecule has 10 nitrogen and oxygen atoms in total. The van der Waals surface area contributed by atoms with E-state index in [1.807, 2.05) is 24.3 Å². The van der Waals surface area contributed by atoms with Gasteiger partial charge in [0.1, 0.15) is 17.8 Å². The van der Waals surface area contributed by atoms with Crippen LogP contribution < -0.4 is 5.32 Å². The highest BCUT2D eigenvalue weighted by Gasteiger charge is 2.46. The number of aliphatic hydroxyl groups is 1. The maximum Gasteiger partial charge on any atom is 0.264 e. The molecule has 2 aromatic carbocycles. The van der Waals surface area contributed by atoms with Gasteiger partial charge in [-0.2, -0.15) is 0 Å². The number of aromatic nitrogens is 3. The number of piperidine rings is 1. The number of carbonyl (C=O) groups is 4. The molecule has 2 N–H and O–H groups in total. The Bertz CT molecular complexity index is 1400. The molecule has 0 radical (unpaired) electrons. The van der Waals surface area contributed by atoms with Crippen LogP contribution in [0.5, 0.6) is 0 Å². The van der Waals surface area contributed by atoms with Crippen molar-refractivity contribution >= 4 is 23.6 Å². The Hall–Kier alpha value is -4.18. The third-order valence-corrected chi connectivity index (χ3v) is 6.58. The van der Waals surface area contributed by atoms with Gasteiger partial charge in [-0.05, 0) is 35.1 Å². The van der Waals surface area contributed by atoms with E-state index in [2.05, 4.69) is 36.4 Å². The van der Waals surface area contributed by atoms with Gasteiger partial charge in [0.2, 0.25) is 11.8 Å². The number of carbonyl (C=O) groups excluding carboxylic acids is 4. The number of hydrogen-bond acceptors (Lipinski definition) is 7. The number of hydrogen-bond donors (Lipinski definition) is 2. The average molecular weight is 488 g/mol. The van der Waals surface area contributed by atoms with Gasteiger partial charge in [-0.1, -0.05) is 56.3 Å². The Morgan fingerprint density at radius 1 is 1.03 bits per heavy atom. The van der Waals surface area contributed by atoms with Crippen molar-refractivity contribution in [3.8, 4) is 5.69 Å². The molecule has 2 aliphatic rings. The van der Waals surface area contributed by atoms with E-state index in [0.29, 0.717) is 11.3 Å². The smallest absolute Gasteiger partial charge is 0.264 e. The lowest BCUT2D eigenvalue weighted by atomic mass is 9.86. The largest absolute Gasteiger partial charge is 0.382 e. The maximum absolute atomic E-state index is 13.3. The molecule has 0 bridgehead atoms. The highest BCUT2D eigenvalue weighted by molar-refractivity contribution is 6.24. The minimum Gasteiger partial charge on any atom is -0.382 e. The summed E-state index contributed by atoms with van der Waals surface area (Å²) in [6.45, 7) is 6.32. The van der Waals surface area contributed by atoms with Crippen molar-refractivity contribution in [1.82, 2.24) is 25.2 Å². The molecule has 1 aromatic heterocycles. The number of nitrogens with one attached hydrogen (secondary N) is 1. The Morgan fingerprint density at radius 3 is 2.42 bits per heavy atom. The van der Waals surface area contributed by atoms with Crippen LogP contribution in [-0.4, -0.2) is 54.7 Å². The van der Waals surface area contributed by atoms with Crippen LogP contribution in [0.1, 0.15) is 77.3 Å². The number of benzene rings is 2. The van der Waals surface area contributed by atoms with E-state index in [1.54, 1.807) is 12.1 Å². The van der Waals surface area contributed by atoms with Gasteiger partial charge in [-0.15, -0.1) is 5.10 Å². The zero-order chi connectivity index (χ0) is 25.8. The molecule has 0 saturated carbocycles. The van der Waals surface area contributed by atoms with E-state index in [9.17, 15) is 24.3 Å². The van der Waals surface area contributed by atoms with Crippen LogP contribution in [-0.2, 0) is 15.0 Å². The lowest BCUT2D eigenvalue weighted by molar-refractivity contribution is -0.136. The minimum absolute atomic E-state index is 0.0218. The van der Waals surface area contributed by atoms with Gasteiger partial charge < -0.3 is 5.11 Å². The van der Waals surface area contributed by atoms with Crippen LogP contribution in [0.25, 0.3) is 5.69 Å². The SMILES string of the molecule is CC(C)(C)c1ccc(C(O)c2cn(-c3cccc4c3C(=O)N(C3CCC(=O)NC3=O)C4=O)nn2)cc1. The van der Waals surface area contributed by atoms with Crippen LogP contribution in [0.15, 0.2) is 48.7 Å². The number of rotatable bonds is 4. The molecule has 2 atom stereocenters. The molecule has 4 amide bonds. The van der Waals surface area contributed by atoms with Gasteiger partial charge in [0.15, 0.2) is 0 Å². The molecule has 2 unspecified atom stereocenters. The normalized spacial score (nSPS) is 18.9. The molecule has 10 heteroatoms. The first-order chi connectivity index (χ1) is 17.1. The summed E-state index contributed by atoms with van der Waals surface area (Å²) in [4.78, 5) is 51.2. The van der Waals surface area contributed by atoms with Gasteiger partial charge in [-0.25, -0.2) is 4.68 Å². The van der Waals surface area contributed by atoms with Crippen molar-refractivity contribution in [2.45, 2.75) is 51.2 Å². The van der Waals surface area contributed by atoms with Gasteiger partial charge in [0.25, 0.3) is 11.8 Å². The number of fused-ring (bicyclic) bond motifs is 1. The molecular weight excluding hydrogens is 462 g/mol. The van der Waals surface area contributed by atoms with Crippen LogP contribution in [0.3, 0.4) is 0 Å². The zero-order valence-electron chi connectivity index (χ0n) is 20.1. The highest BCUT2D eigenvalue weighted by atomic mass is 16.3. The molecule has 0 spiro atoms. The first-order valence-corrected chi connectivity index (χ1v) is 11.6. The summed E-state index contributed by atoms with van der Waals surface area (Å²) >= 11 is 0. The summed E-state index contributed by atoms with van der Waals surface area (Å²) in [6, 6.07) is 11.3. The summed E-state index contributed by atoms with van der Waals surface area (Å²) < 4.78 is 1.33. The van der Waals surface area contributed by atoms with E-state index in [-0.39, 0.29) is 35.1 Å². The number of aliphatic hydroxyl groups excluding tert-OH is 1. The second-order valence-electron chi connectivity index (χ2n) is 10.0. The number of amides is 4. The maximum atomic E-state index is 13.3. The van der Waals surface area contributed by atoms with Gasteiger partial charge in [-0.3, -0.25) is 29.4 Å². The third-order valence-electron chi connectivity index (χ3n) is 6.58. The van der Waals surface area contributed by atoms with Gasteiger partial charge in [0, 0.05) is 6.42 Å². The van der Waals surface area contributed by atoms with Crippen molar-refractivity contribution in [2.75, 3.05) is 0 Å². The summed E-state index contributed by atoms with van der Waals surface area (Å²) in [5.41, 5.74) is 2.55. The lowest BCUT2D eigenvalue weighted by Gasteiger charge is -2.27. The van der Waals surface area contributed by atoms with E-state index < -0.39 is 35.8 Å². The predicted octanol–water partition coefficient (Wildman–Crippen LogP) is 2.05. The van der Waals surface area contributed by atoms with E-state index >= 15 is 0 Å². The van der Waals surface area contributed by atoms with Crippen LogP contribution >= 0.6 is 0 Å². The summed E-state index contributed by atoms with van der Waals surface area (Å²) in [5.74, 6) is -2.36. The van der Waals surface area contributed by atoms with Crippen LogP contribution in [0.4, 0.5) is 0 Å². The van der Waals surface area contributed by atoms with Crippen molar-refractivity contribution in [3.05, 3.63) is 76.6 Å². The molecule has 184 valence electrons. The fourth-order valence-electron chi connectivity index (χ4n) is 4.54. The molecule has 36 heavy (non-hydrogen) atoms. The molecule has 2 aliphatic heterocycles. The van der Waals surface area contributed by atoms with Crippen molar-refractivity contribution in [2.24, 2.45) is 0 Å². The zero-order valence-corrected chi connectivity index (χ0v) is 20.1. The molecule has 5 rings (SSSR count). The van der Waals surface area contributed by atoms with Crippen molar-refractivity contribution < 1.29 is 24.3 Å². The third kappa shape index (κ3) is 3.89. The predicted molar refractivity (Wildman–Crippen MR) is 127 cm³/mol. The molecule has 3 heterocycles. The summed E-state index contributed by atoms with van der Waals surface area (Å²) in [7, 11) is 0. The number of nitrogens with zero attached hydrogens (tertiary/aromatic N) is 4. The standard InChI is InChI=1S/C26H25N5O5/c1-26(2,3)15-9-7-14(8-10-15)22(33)17-13-30(29-28-17)18-6-4-5-16-21(18)25(36)31(24(16)35)19-11-12-20(32)27-23(19)34/h4-10,13,19,22,33H,11-12H2,1-3H3,(H,27,32,34). The molecular formula is C26H25N5O5. The summed E-state index contributed by atoms with van der Waals surface area (Å²) in [5, 5.41) is 21.2. The van der Waals surface area contributed by atoms with Crippen LogP contribution in [0.2, 0.25) is 0 Å². The Labute approximate surface area is 206 Å². The van der Waals surface area contributed by atoms with E-state index in [1.165, 1.54) is 16.9 Å². The lowest BCUT2D eigenvalue weighted by Crippen LogP contribution is -2.54.